The highest BCUT2D eigenvalue weighted by atomic mass is 16.6. The Bertz CT molecular complexity index is 1380. The van der Waals surface area contributed by atoms with Crippen LogP contribution < -0.4 is 5.32 Å². The molecule has 0 spiro atoms. The number of nitro benzene ring substituents is 2. The first kappa shape index (κ1) is 30.3. The molecule has 1 aliphatic rings. The zero-order valence-corrected chi connectivity index (χ0v) is 22.3. The molecule has 0 aliphatic heterocycles. The van der Waals surface area contributed by atoms with Gasteiger partial charge in [0.2, 0.25) is 5.91 Å². The SMILES string of the molecule is CCOC(=O)[C@H](C)NC(=O)/C=C\C(=O)C1C/C(=C\c2ccc([N+](=O)[O-])cc2)C(=O)/C(=C/c2ccc([N+](=O)[O-])cc2)C1. The van der Waals surface area contributed by atoms with Crippen molar-refractivity contribution in [3.63, 3.8) is 0 Å². The summed E-state index contributed by atoms with van der Waals surface area (Å²) in [6.45, 7) is 3.23. The van der Waals surface area contributed by atoms with Crippen molar-refractivity contribution >= 4 is 47.0 Å². The summed E-state index contributed by atoms with van der Waals surface area (Å²) in [5.74, 6) is -2.77. The summed E-state index contributed by atoms with van der Waals surface area (Å²) >= 11 is 0. The lowest BCUT2D eigenvalue weighted by atomic mass is 9.78. The van der Waals surface area contributed by atoms with Crippen molar-refractivity contribution in [1.82, 2.24) is 5.32 Å². The molecule has 0 bridgehead atoms. The number of hydrogen-bond donors (Lipinski definition) is 1. The fourth-order valence-electron chi connectivity index (χ4n) is 4.11. The number of esters is 1. The molecule has 0 unspecified atom stereocenters. The number of hydrogen-bond acceptors (Lipinski definition) is 9. The van der Waals surface area contributed by atoms with Crippen molar-refractivity contribution in [3.05, 3.63) is 103 Å². The third-order valence-corrected chi connectivity index (χ3v) is 6.21. The van der Waals surface area contributed by atoms with Gasteiger partial charge < -0.3 is 10.1 Å². The van der Waals surface area contributed by atoms with E-state index < -0.39 is 39.5 Å². The summed E-state index contributed by atoms with van der Waals surface area (Å²) in [5, 5.41) is 24.4. The van der Waals surface area contributed by atoms with Crippen LogP contribution in [-0.2, 0) is 23.9 Å². The zero-order valence-electron chi connectivity index (χ0n) is 22.3. The molecular weight excluding hydrogens is 534 g/mol. The topological polar surface area (TPSA) is 176 Å². The maximum absolute atomic E-state index is 13.4. The van der Waals surface area contributed by atoms with Gasteiger partial charge in [-0.1, -0.05) is 0 Å². The Kier molecular flexibility index (Phi) is 10.1. The van der Waals surface area contributed by atoms with E-state index in [0.717, 1.165) is 12.2 Å². The first-order valence-electron chi connectivity index (χ1n) is 12.6. The molecule has 1 amide bonds. The number of rotatable bonds is 10. The maximum atomic E-state index is 13.4. The van der Waals surface area contributed by atoms with Crippen molar-refractivity contribution in [2.45, 2.75) is 32.7 Å². The number of amides is 1. The first-order chi connectivity index (χ1) is 19.5. The Morgan fingerprint density at radius 2 is 1.37 bits per heavy atom. The van der Waals surface area contributed by atoms with Crippen LogP contribution in [0.5, 0.6) is 0 Å². The molecule has 12 nitrogen and oxygen atoms in total. The number of nitrogens with one attached hydrogen (secondary N) is 1. The highest BCUT2D eigenvalue weighted by Gasteiger charge is 2.31. The smallest absolute Gasteiger partial charge is 0.328 e. The third-order valence-electron chi connectivity index (χ3n) is 6.21. The molecule has 0 radical (unpaired) electrons. The van der Waals surface area contributed by atoms with Gasteiger partial charge in [0.05, 0.1) is 16.5 Å². The fraction of sp³-hybridized carbons (Fsp3) is 0.241. The van der Waals surface area contributed by atoms with Crippen molar-refractivity contribution in [2.24, 2.45) is 5.92 Å². The summed E-state index contributed by atoms with van der Waals surface area (Å²) in [6, 6.07) is 10.2. The number of allylic oxidation sites excluding steroid dienone is 3. The molecule has 0 heterocycles. The van der Waals surface area contributed by atoms with Crippen LogP contribution in [0.25, 0.3) is 12.2 Å². The molecule has 0 saturated heterocycles. The molecule has 41 heavy (non-hydrogen) atoms. The molecular formula is C29H27N3O9. The van der Waals surface area contributed by atoms with Crippen LogP contribution >= 0.6 is 0 Å². The number of Topliss-reactive ketones (excluding diaryl/α,β-unsaturated/α-hetero) is 1. The van der Waals surface area contributed by atoms with E-state index in [4.69, 9.17) is 4.74 Å². The quantitative estimate of drug-likeness (QED) is 0.193. The first-order valence-corrected chi connectivity index (χ1v) is 12.6. The minimum atomic E-state index is -0.915. The Hall–Kier alpha value is -5.26. The molecule has 1 saturated carbocycles. The third kappa shape index (κ3) is 8.36. The Balaban J connectivity index is 1.88. The van der Waals surface area contributed by atoms with Gasteiger partial charge in [-0.05, 0) is 80.3 Å². The second-order valence-electron chi connectivity index (χ2n) is 9.19. The van der Waals surface area contributed by atoms with Gasteiger partial charge >= 0.3 is 5.97 Å². The van der Waals surface area contributed by atoms with E-state index in [-0.39, 0.29) is 47.8 Å². The lowest BCUT2D eigenvalue weighted by molar-refractivity contribution is -0.385. The molecule has 212 valence electrons. The lowest BCUT2D eigenvalue weighted by Gasteiger charge is -2.24. The summed E-state index contributed by atoms with van der Waals surface area (Å²) in [5.41, 5.74) is 1.37. The van der Waals surface area contributed by atoms with Crippen LogP contribution in [0.4, 0.5) is 11.4 Å². The van der Waals surface area contributed by atoms with Crippen molar-refractivity contribution in [2.75, 3.05) is 6.61 Å². The van der Waals surface area contributed by atoms with Crippen molar-refractivity contribution in [3.8, 4) is 0 Å². The average molecular weight is 562 g/mol. The molecule has 0 aromatic heterocycles. The second kappa shape index (κ2) is 13.7. The van der Waals surface area contributed by atoms with Gasteiger partial charge in [0.25, 0.3) is 11.4 Å². The number of carbonyl (C=O) groups excluding carboxylic acids is 4. The van der Waals surface area contributed by atoms with E-state index in [1.54, 1.807) is 19.1 Å². The molecule has 1 N–H and O–H groups in total. The number of ketones is 2. The Labute approximate surface area is 234 Å². The van der Waals surface area contributed by atoms with Gasteiger partial charge in [-0.15, -0.1) is 0 Å². The molecule has 1 atom stereocenters. The Morgan fingerprint density at radius 1 is 0.902 bits per heavy atom. The Morgan fingerprint density at radius 3 is 1.78 bits per heavy atom. The van der Waals surface area contributed by atoms with Crippen LogP contribution in [0, 0.1) is 26.1 Å². The van der Waals surface area contributed by atoms with Gasteiger partial charge in [0.1, 0.15) is 6.04 Å². The number of ether oxygens (including phenoxy) is 1. The largest absolute Gasteiger partial charge is 0.464 e. The predicted octanol–water partition coefficient (Wildman–Crippen LogP) is 4.14. The maximum Gasteiger partial charge on any atom is 0.328 e. The number of nitro groups is 2. The van der Waals surface area contributed by atoms with Gasteiger partial charge in [0.15, 0.2) is 11.6 Å². The second-order valence-corrected chi connectivity index (χ2v) is 9.19. The standard InChI is InChI=1S/C29H27N3O9/c1-3-41-29(36)18(2)30-27(34)13-12-26(33)21-16-22(14-19-4-8-24(9-5-19)31(37)38)28(35)23(17-21)15-20-6-10-25(11-7-20)32(39)40/h4-15,18,21H,3,16-17H2,1-2H3,(H,30,34)/b13-12-,22-14+,23-15+/t18-/m0/s1. The summed E-state index contributed by atoms with van der Waals surface area (Å²) in [6.07, 6.45) is 5.29. The number of nitrogens with zero attached hydrogens (tertiary/aromatic N) is 2. The zero-order chi connectivity index (χ0) is 30.1. The van der Waals surface area contributed by atoms with Crippen LogP contribution in [0.1, 0.15) is 37.8 Å². The van der Waals surface area contributed by atoms with E-state index in [9.17, 15) is 39.4 Å². The van der Waals surface area contributed by atoms with Gasteiger partial charge in [-0.25, -0.2) is 4.79 Å². The van der Waals surface area contributed by atoms with Crippen LogP contribution in [0.15, 0.2) is 71.8 Å². The fourth-order valence-corrected chi connectivity index (χ4v) is 4.11. The number of non-ortho nitro benzene ring substituents is 2. The normalized spacial score (nSPS) is 17.8. The highest BCUT2D eigenvalue weighted by molar-refractivity contribution is 6.15. The summed E-state index contributed by atoms with van der Waals surface area (Å²) in [7, 11) is 0. The monoisotopic (exact) mass is 561 g/mol. The van der Waals surface area contributed by atoms with Crippen LogP contribution in [-0.4, -0.2) is 45.9 Å². The van der Waals surface area contributed by atoms with Gasteiger partial charge in [-0.3, -0.25) is 34.6 Å². The van der Waals surface area contributed by atoms with Crippen molar-refractivity contribution in [1.29, 1.82) is 0 Å². The molecule has 2 aromatic carbocycles. The van der Waals surface area contributed by atoms with E-state index in [1.807, 2.05) is 0 Å². The van der Waals surface area contributed by atoms with Crippen molar-refractivity contribution < 1.29 is 33.8 Å². The molecule has 3 rings (SSSR count). The van der Waals surface area contributed by atoms with E-state index in [2.05, 4.69) is 5.32 Å². The highest BCUT2D eigenvalue weighted by Crippen LogP contribution is 2.33. The minimum Gasteiger partial charge on any atom is -0.464 e. The van der Waals surface area contributed by atoms with E-state index in [0.29, 0.717) is 11.1 Å². The predicted molar refractivity (Wildman–Crippen MR) is 148 cm³/mol. The molecule has 1 fully saturated rings. The average Bonchev–Trinajstić information content (AvgIpc) is 2.94. The van der Waals surface area contributed by atoms with E-state index >= 15 is 0 Å². The van der Waals surface area contributed by atoms with Gasteiger partial charge in [-0.2, -0.15) is 0 Å². The van der Waals surface area contributed by atoms with E-state index in [1.165, 1.54) is 55.5 Å². The van der Waals surface area contributed by atoms with Crippen LogP contribution in [0.3, 0.4) is 0 Å². The number of carbonyl (C=O) groups is 4. The number of benzene rings is 2. The van der Waals surface area contributed by atoms with Gasteiger partial charge in [0, 0.05) is 47.4 Å². The summed E-state index contributed by atoms with van der Waals surface area (Å²) < 4.78 is 4.84. The molecule has 2 aromatic rings. The molecule has 1 aliphatic carbocycles. The lowest BCUT2D eigenvalue weighted by Crippen LogP contribution is -2.38. The minimum absolute atomic E-state index is 0.0530. The summed E-state index contributed by atoms with van der Waals surface area (Å²) in [4.78, 5) is 71.3. The van der Waals surface area contributed by atoms with Crippen LogP contribution in [0.2, 0.25) is 0 Å². The molecule has 12 heteroatoms.